The summed E-state index contributed by atoms with van der Waals surface area (Å²) in [7, 11) is 1.74. The predicted octanol–water partition coefficient (Wildman–Crippen LogP) is 4.20. The molecule has 0 bridgehead atoms. The Labute approximate surface area is 346 Å². The standard InChI is InChI=1S/C43H48N12O5/c1-26-21-28(9-10-29(26)23-45-39(58)40-50-41(51-60-40)43(2,3)4)31-22-35(47-25-46-31)48-34-13-11-30(24-44-34)54-19-17-53(18-20-54)16-15-27-7-6-8-32-37(27)52(5)42(59)55(32)33-12-14-36(56)49-38(33)57/h6-11,13,21-22,24-25,33H,12,14-20,23H2,1-5H3,(H,45,58)(H,49,56,57)(H,44,46,47,48). The number of benzene rings is 2. The maximum Gasteiger partial charge on any atom is 0.329 e. The summed E-state index contributed by atoms with van der Waals surface area (Å²) in [6, 6.07) is 17.0. The molecule has 4 aromatic heterocycles. The summed E-state index contributed by atoms with van der Waals surface area (Å²) >= 11 is 0. The molecule has 0 radical (unpaired) electrons. The fourth-order valence-corrected chi connectivity index (χ4v) is 7.75. The van der Waals surface area contributed by atoms with E-state index >= 15 is 0 Å². The lowest BCUT2D eigenvalue weighted by Gasteiger charge is -2.36. The van der Waals surface area contributed by atoms with Crippen LogP contribution in [0.5, 0.6) is 0 Å². The number of rotatable bonds is 11. The summed E-state index contributed by atoms with van der Waals surface area (Å²) in [5.74, 6) is 0.533. The van der Waals surface area contributed by atoms with Gasteiger partial charge in [0.05, 0.1) is 28.6 Å². The number of piperazine rings is 1. The van der Waals surface area contributed by atoms with E-state index in [0.29, 0.717) is 35.9 Å². The Morgan fingerprint density at radius 2 is 1.77 bits per heavy atom. The molecule has 2 aliphatic heterocycles. The first-order valence-corrected chi connectivity index (χ1v) is 20.1. The van der Waals surface area contributed by atoms with Crippen LogP contribution in [0.15, 0.2) is 76.4 Å². The lowest BCUT2D eigenvalue weighted by Crippen LogP contribution is -2.47. The largest absolute Gasteiger partial charge is 0.368 e. The van der Waals surface area contributed by atoms with Crippen molar-refractivity contribution in [2.45, 2.75) is 65.0 Å². The number of aryl methyl sites for hydroxylation is 2. The van der Waals surface area contributed by atoms with Crippen LogP contribution in [-0.2, 0) is 35.0 Å². The highest BCUT2D eigenvalue weighted by Gasteiger charge is 2.32. The normalized spacial score (nSPS) is 16.3. The van der Waals surface area contributed by atoms with Crippen LogP contribution in [0.2, 0.25) is 0 Å². The average molecular weight is 813 g/mol. The molecule has 0 aliphatic carbocycles. The van der Waals surface area contributed by atoms with Gasteiger partial charge in [-0.3, -0.25) is 33.7 Å². The minimum atomic E-state index is -0.704. The Hall–Kier alpha value is -6.75. The number of fused-ring (bicyclic) bond motifs is 1. The van der Waals surface area contributed by atoms with Gasteiger partial charge in [-0.05, 0) is 60.7 Å². The Bertz CT molecular complexity index is 2630. The van der Waals surface area contributed by atoms with Crippen LogP contribution in [0.4, 0.5) is 17.3 Å². The van der Waals surface area contributed by atoms with Gasteiger partial charge in [-0.2, -0.15) is 4.98 Å². The van der Waals surface area contributed by atoms with Crippen molar-refractivity contribution in [1.29, 1.82) is 0 Å². The highest BCUT2D eigenvalue weighted by atomic mass is 16.5. The van der Waals surface area contributed by atoms with Gasteiger partial charge >= 0.3 is 17.5 Å². The van der Waals surface area contributed by atoms with Gasteiger partial charge in [0.25, 0.3) is 0 Å². The molecule has 3 N–H and O–H groups in total. The molecule has 17 nitrogen and oxygen atoms in total. The van der Waals surface area contributed by atoms with Gasteiger partial charge in [0.1, 0.15) is 24.0 Å². The SMILES string of the molecule is Cc1cc(-c2cc(Nc3ccc(N4CCN(CCc5cccc6c5n(C)c(=O)n6C5CCC(=O)NC5=O)CC4)cn3)ncn2)ccc1CNC(=O)c1nc(C(C)(C)C)no1. The molecule has 1 unspecified atom stereocenters. The maximum absolute atomic E-state index is 13.3. The number of carbonyl (C=O) groups excluding carboxylic acids is 3. The van der Waals surface area contributed by atoms with Crippen LogP contribution in [0, 0.1) is 6.92 Å². The van der Waals surface area contributed by atoms with Gasteiger partial charge in [-0.15, -0.1) is 0 Å². The number of imidazole rings is 1. The van der Waals surface area contributed by atoms with E-state index in [0.717, 1.165) is 78.3 Å². The Morgan fingerprint density at radius 3 is 2.48 bits per heavy atom. The van der Waals surface area contributed by atoms with Crippen molar-refractivity contribution in [2.75, 3.05) is 42.9 Å². The first kappa shape index (κ1) is 40.0. The summed E-state index contributed by atoms with van der Waals surface area (Å²) in [5.41, 5.74) is 6.64. The minimum absolute atomic E-state index is 0.0592. The van der Waals surface area contributed by atoms with Gasteiger partial charge in [0.15, 0.2) is 5.82 Å². The van der Waals surface area contributed by atoms with E-state index in [9.17, 15) is 19.2 Å². The molecule has 1 atom stereocenters. The number of anilines is 3. The van der Waals surface area contributed by atoms with Crippen molar-refractivity contribution in [3.05, 3.63) is 106 Å². The fourth-order valence-electron chi connectivity index (χ4n) is 7.75. The van der Waals surface area contributed by atoms with E-state index in [1.807, 2.05) is 82.4 Å². The topological polar surface area (TPSA) is 198 Å². The van der Waals surface area contributed by atoms with Crippen LogP contribution in [-0.4, -0.2) is 89.6 Å². The molecule has 310 valence electrons. The third kappa shape index (κ3) is 8.38. The second-order valence-electron chi connectivity index (χ2n) is 16.4. The smallest absolute Gasteiger partial charge is 0.329 e. The van der Waals surface area contributed by atoms with Gasteiger partial charge in [0.2, 0.25) is 11.8 Å². The van der Waals surface area contributed by atoms with Gasteiger partial charge in [-0.25, -0.2) is 19.7 Å². The molecule has 2 aromatic carbocycles. The number of hydrogen-bond acceptors (Lipinski definition) is 13. The van der Waals surface area contributed by atoms with E-state index in [4.69, 9.17) is 4.52 Å². The number of pyridine rings is 1. The second kappa shape index (κ2) is 16.5. The molecule has 0 spiro atoms. The van der Waals surface area contributed by atoms with E-state index in [-0.39, 0.29) is 29.3 Å². The highest BCUT2D eigenvalue weighted by molar-refractivity contribution is 6.00. The van der Waals surface area contributed by atoms with Crippen molar-refractivity contribution >= 4 is 46.1 Å². The molecule has 2 aliphatic rings. The van der Waals surface area contributed by atoms with E-state index < -0.39 is 17.9 Å². The lowest BCUT2D eigenvalue weighted by molar-refractivity contribution is -0.135. The monoisotopic (exact) mass is 812 g/mol. The molecule has 17 heteroatoms. The molecule has 6 aromatic rings. The van der Waals surface area contributed by atoms with Crippen molar-refractivity contribution in [3.8, 4) is 11.3 Å². The number of carbonyl (C=O) groups is 3. The first-order chi connectivity index (χ1) is 28.8. The molecule has 6 heterocycles. The summed E-state index contributed by atoms with van der Waals surface area (Å²) in [6.07, 6.45) is 4.66. The van der Waals surface area contributed by atoms with Crippen LogP contribution in [0.1, 0.15) is 72.9 Å². The summed E-state index contributed by atoms with van der Waals surface area (Å²) in [5, 5.41) is 12.5. The van der Waals surface area contributed by atoms with Gasteiger partial charge in [-0.1, -0.05) is 50.2 Å². The van der Waals surface area contributed by atoms with Crippen LogP contribution >= 0.6 is 0 Å². The lowest BCUT2D eigenvalue weighted by atomic mass is 9.96. The summed E-state index contributed by atoms with van der Waals surface area (Å²) in [6.45, 7) is 12.4. The van der Waals surface area contributed by atoms with Crippen molar-refractivity contribution < 1.29 is 18.9 Å². The molecule has 60 heavy (non-hydrogen) atoms. The Kier molecular flexibility index (Phi) is 11.0. The molecule has 8 rings (SSSR count). The van der Waals surface area contributed by atoms with E-state index in [1.165, 1.54) is 10.9 Å². The van der Waals surface area contributed by atoms with Gasteiger partial charge in [0, 0.05) is 69.8 Å². The van der Waals surface area contributed by atoms with Crippen LogP contribution in [0.3, 0.4) is 0 Å². The van der Waals surface area contributed by atoms with E-state index in [2.05, 4.69) is 56.9 Å². The third-order valence-corrected chi connectivity index (χ3v) is 11.2. The van der Waals surface area contributed by atoms with E-state index in [1.54, 1.807) is 11.6 Å². The van der Waals surface area contributed by atoms with Gasteiger partial charge < -0.3 is 20.1 Å². The van der Waals surface area contributed by atoms with Crippen molar-refractivity contribution in [3.63, 3.8) is 0 Å². The average Bonchev–Trinajstić information content (AvgIpc) is 3.84. The number of nitrogens with zero attached hydrogens (tertiary/aromatic N) is 9. The number of piperidine rings is 1. The Morgan fingerprint density at radius 1 is 0.950 bits per heavy atom. The molecule has 2 saturated heterocycles. The number of nitrogens with one attached hydrogen (secondary N) is 3. The van der Waals surface area contributed by atoms with Crippen LogP contribution in [0.25, 0.3) is 22.3 Å². The zero-order chi connectivity index (χ0) is 42.1. The minimum Gasteiger partial charge on any atom is -0.368 e. The maximum atomic E-state index is 13.3. The molecule has 0 saturated carbocycles. The quantitative estimate of drug-likeness (QED) is 0.158. The number of hydrogen-bond donors (Lipinski definition) is 3. The predicted molar refractivity (Wildman–Crippen MR) is 225 cm³/mol. The summed E-state index contributed by atoms with van der Waals surface area (Å²) < 4.78 is 8.33. The molecule has 2 fully saturated rings. The van der Waals surface area contributed by atoms with Crippen LogP contribution < -0.4 is 26.5 Å². The first-order valence-electron chi connectivity index (χ1n) is 20.1. The zero-order valence-corrected chi connectivity index (χ0v) is 34.4. The number of imide groups is 1. The highest BCUT2D eigenvalue weighted by Crippen LogP contribution is 2.27. The molecular formula is C43H48N12O5. The molecular weight excluding hydrogens is 765 g/mol. The summed E-state index contributed by atoms with van der Waals surface area (Å²) in [4.78, 5) is 73.0. The zero-order valence-electron chi connectivity index (χ0n) is 34.4. The number of para-hydroxylation sites is 1. The second-order valence-corrected chi connectivity index (χ2v) is 16.4. The third-order valence-electron chi connectivity index (χ3n) is 11.2. The fraction of sp³-hybridized carbons (Fsp3) is 0.372. The van der Waals surface area contributed by atoms with Crippen molar-refractivity contribution in [2.24, 2.45) is 7.05 Å². The Balaban J connectivity index is 0.836. The van der Waals surface area contributed by atoms with Crippen molar-refractivity contribution in [1.82, 2.24) is 49.8 Å². The number of amides is 3. The molecule has 3 amide bonds. The number of aromatic nitrogens is 7.